The van der Waals surface area contributed by atoms with Gasteiger partial charge >= 0.3 is 6.03 Å². The number of ether oxygens (including phenoxy) is 1. The number of hydrogen-bond donors (Lipinski definition) is 3. The van der Waals surface area contributed by atoms with Gasteiger partial charge in [-0.3, -0.25) is 0 Å². The molecule has 1 aromatic carbocycles. The number of benzene rings is 1. The molecule has 0 saturated carbocycles. The van der Waals surface area contributed by atoms with E-state index in [9.17, 15) is 9.90 Å². The van der Waals surface area contributed by atoms with Crippen molar-refractivity contribution in [2.75, 3.05) is 18.5 Å². The first kappa shape index (κ1) is 15.3. The molecular weight excluding hydrogens is 244 g/mol. The number of hydrogen-bond acceptors (Lipinski definition) is 3. The Hall–Kier alpha value is -1.75. The molecule has 3 N–H and O–H groups in total. The van der Waals surface area contributed by atoms with E-state index in [1.54, 1.807) is 12.1 Å². The van der Waals surface area contributed by atoms with E-state index in [0.717, 1.165) is 5.75 Å². The molecule has 0 fully saturated rings. The summed E-state index contributed by atoms with van der Waals surface area (Å²) < 4.78 is 5.35. The fourth-order valence-electron chi connectivity index (χ4n) is 1.56. The molecule has 0 radical (unpaired) electrons. The van der Waals surface area contributed by atoms with Crippen molar-refractivity contribution in [2.24, 2.45) is 0 Å². The Morgan fingerprint density at radius 3 is 2.89 bits per heavy atom. The highest BCUT2D eigenvalue weighted by Gasteiger charge is 2.04. The van der Waals surface area contributed by atoms with Gasteiger partial charge in [-0.15, -0.1) is 0 Å². The number of urea groups is 1. The van der Waals surface area contributed by atoms with Crippen LogP contribution in [0.5, 0.6) is 5.75 Å². The molecule has 5 heteroatoms. The van der Waals surface area contributed by atoms with E-state index >= 15 is 0 Å². The fourth-order valence-corrected chi connectivity index (χ4v) is 1.56. The second-order valence-corrected chi connectivity index (χ2v) is 4.19. The summed E-state index contributed by atoms with van der Waals surface area (Å²) in [5, 5.41) is 14.8. The molecule has 0 heterocycles. The maximum absolute atomic E-state index is 11.6. The van der Waals surface area contributed by atoms with Gasteiger partial charge in [-0.1, -0.05) is 13.0 Å². The minimum atomic E-state index is -0.360. The van der Waals surface area contributed by atoms with Crippen LogP contribution in [0, 0.1) is 0 Å². The molecule has 0 aliphatic rings. The maximum Gasteiger partial charge on any atom is 0.319 e. The van der Waals surface area contributed by atoms with Crippen molar-refractivity contribution in [3.63, 3.8) is 0 Å². The van der Waals surface area contributed by atoms with Crippen LogP contribution in [0.15, 0.2) is 24.3 Å². The van der Waals surface area contributed by atoms with Gasteiger partial charge in [0.1, 0.15) is 5.75 Å². The molecule has 0 aliphatic heterocycles. The van der Waals surface area contributed by atoms with Crippen molar-refractivity contribution in [3.8, 4) is 5.75 Å². The third kappa shape index (κ3) is 6.10. The molecule has 0 bridgehead atoms. The van der Waals surface area contributed by atoms with Crippen LogP contribution in [-0.4, -0.2) is 30.4 Å². The Morgan fingerprint density at radius 1 is 1.42 bits per heavy atom. The third-order valence-corrected chi connectivity index (χ3v) is 2.64. The van der Waals surface area contributed by atoms with Gasteiger partial charge in [0.25, 0.3) is 0 Å². The van der Waals surface area contributed by atoms with Crippen LogP contribution in [0.25, 0.3) is 0 Å². The van der Waals surface area contributed by atoms with Gasteiger partial charge in [-0.2, -0.15) is 0 Å². The molecule has 0 spiro atoms. The van der Waals surface area contributed by atoms with E-state index in [-0.39, 0.29) is 12.1 Å². The Labute approximate surface area is 114 Å². The minimum absolute atomic E-state index is 0.281. The van der Waals surface area contributed by atoms with Gasteiger partial charge in [0, 0.05) is 18.3 Å². The van der Waals surface area contributed by atoms with Gasteiger partial charge in [-0.05, 0) is 31.9 Å². The number of carbonyl (C=O) groups excluding carboxylic acids is 1. The lowest BCUT2D eigenvalue weighted by atomic mass is 10.2. The zero-order valence-electron chi connectivity index (χ0n) is 11.5. The number of aliphatic hydroxyl groups excluding tert-OH is 1. The molecular formula is C14H22N2O3. The summed E-state index contributed by atoms with van der Waals surface area (Å²) in [5.41, 5.74) is 0.680. The van der Waals surface area contributed by atoms with Crippen molar-refractivity contribution < 1.29 is 14.6 Å². The molecule has 2 amide bonds. The normalized spacial score (nSPS) is 11.7. The van der Waals surface area contributed by atoms with Crippen LogP contribution >= 0.6 is 0 Å². The van der Waals surface area contributed by atoms with E-state index in [0.29, 0.717) is 31.7 Å². The first-order valence-corrected chi connectivity index (χ1v) is 6.61. The molecule has 1 atom stereocenters. The summed E-state index contributed by atoms with van der Waals surface area (Å²) in [6.07, 6.45) is 0.893. The standard InChI is InChI=1S/C14H22N2O3/c1-3-12(17)8-9-15-14(18)16-11-6-5-7-13(10-11)19-4-2/h5-7,10,12,17H,3-4,8-9H2,1-2H3,(H2,15,16,18). The zero-order chi connectivity index (χ0) is 14.1. The van der Waals surface area contributed by atoms with E-state index in [4.69, 9.17) is 4.74 Å². The number of aliphatic hydroxyl groups is 1. The van der Waals surface area contributed by atoms with Gasteiger partial charge in [0.05, 0.1) is 12.7 Å². The highest BCUT2D eigenvalue weighted by molar-refractivity contribution is 5.89. The maximum atomic E-state index is 11.6. The lowest BCUT2D eigenvalue weighted by Crippen LogP contribution is -2.31. The number of anilines is 1. The Kier molecular flexibility index (Phi) is 6.74. The largest absolute Gasteiger partial charge is 0.494 e. The quantitative estimate of drug-likeness (QED) is 0.709. The number of amides is 2. The summed E-state index contributed by atoms with van der Waals surface area (Å²) in [6.45, 7) is 4.85. The number of rotatable bonds is 7. The number of nitrogens with one attached hydrogen (secondary N) is 2. The molecule has 0 aromatic heterocycles. The average molecular weight is 266 g/mol. The molecule has 1 rings (SSSR count). The van der Waals surface area contributed by atoms with E-state index in [1.165, 1.54) is 0 Å². The van der Waals surface area contributed by atoms with Crippen molar-refractivity contribution in [3.05, 3.63) is 24.3 Å². The summed E-state index contributed by atoms with van der Waals surface area (Å²) in [5.74, 6) is 0.724. The molecule has 106 valence electrons. The molecule has 0 aliphatic carbocycles. The van der Waals surface area contributed by atoms with Crippen molar-refractivity contribution in [1.82, 2.24) is 5.32 Å². The average Bonchev–Trinajstić information content (AvgIpc) is 2.39. The lowest BCUT2D eigenvalue weighted by Gasteiger charge is -2.11. The number of carbonyl (C=O) groups is 1. The first-order valence-electron chi connectivity index (χ1n) is 6.61. The van der Waals surface area contributed by atoms with Gasteiger partial charge in [-0.25, -0.2) is 4.79 Å². The predicted molar refractivity (Wildman–Crippen MR) is 75.5 cm³/mol. The summed E-state index contributed by atoms with van der Waals surface area (Å²) in [4.78, 5) is 11.6. The van der Waals surface area contributed by atoms with Gasteiger partial charge < -0.3 is 20.5 Å². The zero-order valence-corrected chi connectivity index (χ0v) is 11.5. The highest BCUT2D eigenvalue weighted by Crippen LogP contribution is 2.16. The topological polar surface area (TPSA) is 70.6 Å². The SMILES string of the molecule is CCOc1cccc(NC(=O)NCCC(O)CC)c1. The molecule has 5 nitrogen and oxygen atoms in total. The van der Waals surface area contributed by atoms with Gasteiger partial charge in [0.2, 0.25) is 0 Å². The van der Waals surface area contributed by atoms with Gasteiger partial charge in [0.15, 0.2) is 0 Å². The Morgan fingerprint density at radius 2 is 2.21 bits per heavy atom. The van der Waals surface area contributed by atoms with E-state index in [1.807, 2.05) is 26.0 Å². The Bertz CT molecular complexity index is 396. The van der Waals surface area contributed by atoms with Crippen molar-refractivity contribution >= 4 is 11.7 Å². The molecule has 1 aromatic rings. The lowest BCUT2D eigenvalue weighted by molar-refractivity contribution is 0.160. The van der Waals surface area contributed by atoms with Crippen LogP contribution in [0.4, 0.5) is 10.5 Å². The van der Waals surface area contributed by atoms with Crippen LogP contribution in [0.2, 0.25) is 0 Å². The fraction of sp³-hybridized carbons (Fsp3) is 0.500. The smallest absolute Gasteiger partial charge is 0.319 e. The van der Waals surface area contributed by atoms with Crippen LogP contribution in [0.1, 0.15) is 26.7 Å². The van der Waals surface area contributed by atoms with Crippen molar-refractivity contribution in [1.29, 1.82) is 0 Å². The first-order chi connectivity index (χ1) is 9.15. The second-order valence-electron chi connectivity index (χ2n) is 4.19. The molecule has 0 saturated heterocycles. The molecule has 1 unspecified atom stereocenters. The third-order valence-electron chi connectivity index (χ3n) is 2.64. The minimum Gasteiger partial charge on any atom is -0.494 e. The van der Waals surface area contributed by atoms with Crippen molar-refractivity contribution in [2.45, 2.75) is 32.8 Å². The Balaban J connectivity index is 2.37. The summed E-state index contributed by atoms with van der Waals surface area (Å²) in [7, 11) is 0. The second kappa shape index (κ2) is 8.37. The molecule has 19 heavy (non-hydrogen) atoms. The summed E-state index contributed by atoms with van der Waals surface area (Å²) in [6, 6.07) is 6.94. The van der Waals surface area contributed by atoms with E-state index < -0.39 is 0 Å². The van der Waals surface area contributed by atoms with Crippen LogP contribution < -0.4 is 15.4 Å². The predicted octanol–water partition coefficient (Wildman–Crippen LogP) is 2.37. The highest BCUT2D eigenvalue weighted by atomic mass is 16.5. The van der Waals surface area contributed by atoms with Crippen LogP contribution in [-0.2, 0) is 0 Å². The van der Waals surface area contributed by atoms with Crippen LogP contribution in [0.3, 0.4) is 0 Å². The van der Waals surface area contributed by atoms with E-state index in [2.05, 4.69) is 10.6 Å². The summed E-state index contributed by atoms with van der Waals surface area (Å²) >= 11 is 0. The monoisotopic (exact) mass is 266 g/mol.